The summed E-state index contributed by atoms with van der Waals surface area (Å²) in [6.45, 7) is 7.78. The number of carbonyl (C=O) groups is 1. The van der Waals surface area contributed by atoms with Gasteiger partial charge in [0.1, 0.15) is 6.10 Å². The van der Waals surface area contributed by atoms with Gasteiger partial charge in [-0.2, -0.15) is 0 Å². The fourth-order valence-electron chi connectivity index (χ4n) is 3.75. The Morgan fingerprint density at radius 1 is 1.53 bits per heavy atom. The van der Waals surface area contributed by atoms with Crippen molar-refractivity contribution in [1.82, 2.24) is 0 Å². The molecule has 0 spiro atoms. The Morgan fingerprint density at radius 2 is 2.24 bits per heavy atom. The highest BCUT2D eigenvalue weighted by Crippen LogP contribution is 2.53. The molecule has 1 saturated carbocycles. The molecule has 0 aromatic carbocycles. The highest BCUT2D eigenvalue weighted by atomic mass is 16.6. The first kappa shape index (κ1) is 11.0. The number of aliphatic hydroxyl groups is 1. The SMILES string of the molecule is C=C1C(=O)O[C@@H]2C3=C(C)CC[C@@H]3[C@@](C)(O)CC12. The molecule has 0 bridgehead atoms. The molecule has 17 heavy (non-hydrogen) atoms. The van der Waals surface area contributed by atoms with Crippen LogP contribution in [0.3, 0.4) is 0 Å². The molecule has 4 atom stereocenters. The number of rotatable bonds is 0. The zero-order valence-electron chi connectivity index (χ0n) is 10.3. The lowest BCUT2D eigenvalue weighted by atomic mass is 9.67. The van der Waals surface area contributed by atoms with E-state index in [1.807, 2.05) is 6.92 Å². The Labute approximate surface area is 101 Å². The van der Waals surface area contributed by atoms with Gasteiger partial charge in [0, 0.05) is 17.4 Å². The molecule has 3 aliphatic rings. The third-order valence-electron chi connectivity index (χ3n) is 4.68. The van der Waals surface area contributed by atoms with E-state index in [1.165, 1.54) is 11.1 Å². The number of fused-ring (bicyclic) bond motifs is 3. The van der Waals surface area contributed by atoms with Gasteiger partial charge in [-0.25, -0.2) is 4.79 Å². The van der Waals surface area contributed by atoms with Crippen LogP contribution in [0.1, 0.15) is 33.1 Å². The third-order valence-corrected chi connectivity index (χ3v) is 4.68. The monoisotopic (exact) mass is 234 g/mol. The second-order valence-electron chi connectivity index (χ2n) is 5.85. The van der Waals surface area contributed by atoms with Gasteiger partial charge in [0.25, 0.3) is 0 Å². The Balaban J connectivity index is 2.08. The molecular formula is C14H18O3. The molecule has 0 aromatic heterocycles. The van der Waals surface area contributed by atoms with Crippen LogP contribution in [-0.4, -0.2) is 22.8 Å². The lowest BCUT2D eigenvalue weighted by Crippen LogP contribution is -2.46. The predicted octanol–water partition coefficient (Wildman–Crippen LogP) is 1.97. The summed E-state index contributed by atoms with van der Waals surface area (Å²) in [5, 5.41) is 10.6. The summed E-state index contributed by atoms with van der Waals surface area (Å²) in [5.74, 6) is -0.164. The highest BCUT2D eigenvalue weighted by molar-refractivity contribution is 5.91. The third kappa shape index (κ3) is 1.35. The molecular weight excluding hydrogens is 216 g/mol. The van der Waals surface area contributed by atoms with Gasteiger partial charge >= 0.3 is 5.97 Å². The predicted molar refractivity (Wildman–Crippen MR) is 63.2 cm³/mol. The highest BCUT2D eigenvalue weighted by Gasteiger charge is 2.55. The van der Waals surface area contributed by atoms with Crippen LogP contribution < -0.4 is 0 Å². The van der Waals surface area contributed by atoms with Crippen LogP contribution >= 0.6 is 0 Å². The minimum Gasteiger partial charge on any atom is -0.454 e. The van der Waals surface area contributed by atoms with Crippen molar-refractivity contribution >= 4 is 5.97 Å². The van der Waals surface area contributed by atoms with E-state index in [4.69, 9.17) is 4.74 Å². The molecule has 1 saturated heterocycles. The van der Waals surface area contributed by atoms with E-state index < -0.39 is 5.60 Å². The van der Waals surface area contributed by atoms with Crippen LogP contribution in [0.2, 0.25) is 0 Å². The number of carbonyl (C=O) groups excluding carboxylic acids is 1. The van der Waals surface area contributed by atoms with E-state index >= 15 is 0 Å². The van der Waals surface area contributed by atoms with Gasteiger partial charge in [0.05, 0.1) is 5.60 Å². The second-order valence-corrected chi connectivity index (χ2v) is 5.85. The molecule has 1 aliphatic heterocycles. The van der Waals surface area contributed by atoms with Crippen LogP contribution in [0.25, 0.3) is 0 Å². The van der Waals surface area contributed by atoms with Gasteiger partial charge in [-0.15, -0.1) is 0 Å². The lowest BCUT2D eigenvalue weighted by molar-refractivity contribution is -0.139. The maximum atomic E-state index is 11.6. The molecule has 1 N–H and O–H groups in total. The van der Waals surface area contributed by atoms with E-state index in [2.05, 4.69) is 13.5 Å². The van der Waals surface area contributed by atoms with Crippen LogP contribution in [0, 0.1) is 11.8 Å². The van der Waals surface area contributed by atoms with Crippen molar-refractivity contribution < 1.29 is 14.6 Å². The topological polar surface area (TPSA) is 46.5 Å². The quantitative estimate of drug-likeness (QED) is 0.396. The van der Waals surface area contributed by atoms with E-state index in [0.29, 0.717) is 12.0 Å². The summed E-state index contributed by atoms with van der Waals surface area (Å²) < 4.78 is 5.45. The Kier molecular flexibility index (Phi) is 2.09. The van der Waals surface area contributed by atoms with Crippen molar-refractivity contribution in [2.24, 2.45) is 11.8 Å². The molecule has 0 amide bonds. The molecule has 2 aliphatic carbocycles. The Morgan fingerprint density at radius 3 is 2.94 bits per heavy atom. The smallest absolute Gasteiger partial charge is 0.334 e. The molecule has 1 heterocycles. The minimum atomic E-state index is -0.731. The molecule has 0 aromatic rings. The van der Waals surface area contributed by atoms with Crippen molar-refractivity contribution in [2.45, 2.75) is 44.8 Å². The van der Waals surface area contributed by atoms with E-state index in [0.717, 1.165) is 12.8 Å². The Hall–Kier alpha value is -1.09. The van der Waals surface area contributed by atoms with Crippen molar-refractivity contribution in [2.75, 3.05) is 0 Å². The maximum absolute atomic E-state index is 11.6. The molecule has 3 rings (SSSR count). The standard InChI is InChI=1S/C14H18O3/c1-7-4-5-10-11(7)12-9(6-14(10,3)16)8(2)13(15)17-12/h9-10,12,16H,2,4-6H2,1,3H3/t9?,10-,12-,14-/m0/s1. The summed E-state index contributed by atoms with van der Waals surface area (Å²) in [6, 6.07) is 0. The van der Waals surface area contributed by atoms with Crippen LogP contribution in [0.4, 0.5) is 0 Å². The lowest BCUT2D eigenvalue weighted by Gasteiger charge is -2.42. The fraction of sp³-hybridized carbons (Fsp3) is 0.643. The normalized spacial score (nSPS) is 44.8. The van der Waals surface area contributed by atoms with Crippen molar-refractivity contribution in [1.29, 1.82) is 0 Å². The molecule has 3 heteroatoms. The number of hydrogen-bond acceptors (Lipinski definition) is 3. The summed E-state index contributed by atoms with van der Waals surface area (Å²) in [7, 11) is 0. The van der Waals surface area contributed by atoms with Crippen LogP contribution in [0.5, 0.6) is 0 Å². The zero-order chi connectivity index (χ0) is 12.4. The summed E-state index contributed by atoms with van der Waals surface area (Å²) in [5.41, 5.74) is 2.25. The zero-order valence-corrected chi connectivity index (χ0v) is 10.3. The molecule has 0 radical (unpaired) electrons. The van der Waals surface area contributed by atoms with E-state index in [9.17, 15) is 9.90 Å². The second kappa shape index (κ2) is 3.22. The van der Waals surface area contributed by atoms with Crippen LogP contribution in [0.15, 0.2) is 23.3 Å². The fourth-order valence-corrected chi connectivity index (χ4v) is 3.75. The largest absolute Gasteiger partial charge is 0.454 e. The molecule has 1 unspecified atom stereocenters. The first-order valence-electron chi connectivity index (χ1n) is 6.23. The average Bonchev–Trinajstić information content (AvgIpc) is 2.74. The summed E-state index contributed by atoms with van der Waals surface area (Å²) >= 11 is 0. The Bertz CT molecular complexity index is 444. The maximum Gasteiger partial charge on any atom is 0.334 e. The van der Waals surface area contributed by atoms with Crippen molar-refractivity contribution in [3.05, 3.63) is 23.3 Å². The average molecular weight is 234 g/mol. The number of esters is 1. The number of hydrogen-bond donors (Lipinski definition) is 1. The molecule has 92 valence electrons. The van der Waals surface area contributed by atoms with Gasteiger partial charge in [0.2, 0.25) is 0 Å². The summed E-state index contributed by atoms with van der Waals surface area (Å²) in [4.78, 5) is 11.6. The first-order chi connectivity index (χ1) is 7.92. The van der Waals surface area contributed by atoms with Gasteiger partial charge in [-0.05, 0) is 38.7 Å². The van der Waals surface area contributed by atoms with Crippen molar-refractivity contribution in [3.8, 4) is 0 Å². The molecule has 2 fully saturated rings. The van der Waals surface area contributed by atoms with E-state index in [-0.39, 0.29) is 23.9 Å². The minimum absolute atomic E-state index is 0.0307. The number of ether oxygens (including phenoxy) is 1. The van der Waals surface area contributed by atoms with E-state index in [1.54, 1.807) is 0 Å². The van der Waals surface area contributed by atoms with Crippen LogP contribution in [-0.2, 0) is 9.53 Å². The summed E-state index contributed by atoms with van der Waals surface area (Å²) in [6.07, 6.45) is 2.41. The first-order valence-corrected chi connectivity index (χ1v) is 6.23. The van der Waals surface area contributed by atoms with Gasteiger partial charge in [0.15, 0.2) is 0 Å². The van der Waals surface area contributed by atoms with Gasteiger partial charge in [-0.3, -0.25) is 0 Å². The van der Waals surface area contributed by atoms with Gasteiger partial charge < -0.3 is 9.84 Å². The number of allylic oxidation sites excluding steroid dienone is 1. The van der Waals surface area contributed by atoms with Gasteiger partial charge in [-0.1, -0.05) is 12.2 Å². The van der Waals surface area contributed by atoms with Crippen molar-refractivity contribution in [3.63, 3.8) is 0 Å². The molecule has 3 nitrogen and oxygen atoms in total.